The van der Waals surface area contributed by atoms with Crippen molar-refractivity contribution < 1.29 is 14.3 Å². The van der Waals surface area contributed by atoms with Crippen LogP contribution >= 0.6 is 0 Å². The fourth-order valence-corrected chi connectivity index (χ4v) is 1.75. The second-order valence-corrected chi connectivity index (χ2v) is 4.19. The first-order chi connectivity index (χ1) is 10.1. The van der Waals surface area contributed by atoms with Crippen molar-refractivity contribution in [2.24, 2.45) is 0 Å². The first-order valence-electron chi connectivity index (χ1n) is 6.41. The molecule has 0 aliphatic rings. The zero-order chi connectivity index (χ0) is 15.2. The molecule has 0 atom stereocenters. The van der Waals surface area contributed by atoms with Crippen LogP contribution in [0.1, 0.15) is 27.6 Å². The van der Waals surface area contributed by atoms with Gasteiger partial charge in [-0.15, -0.1) is 0 Å². The molecule has 6 heteroatoms. The standard InChI is InChI=1S/C15H15N3O3/c1-2-21-15(20)10-5-3-6-11(9-10)18-14(19)12-7-4-8-17-13(12)16/h3-9H,2H2,1H3,(H2,16,17)(H,18,19). The summed E-state index contributed by atoms with van der Waals surface area (Å²) in [5.41, 5.74) is 6.77. The minimum absolute atomic E-state index is 0.150. The third kappa shape index (κ3) is 3.56. The molecule has 1 amide bonds. The number of ether oxygens (including phenoxy) is 1. The van der Waals surface area contributed by atoms with E-state index in [4.69, 9.17) is 10.5 Å². The summed E-state index contributed by atoms with van der Waals surface area (Å²) in [5.74, 6) is -0.673. The van der Waals surface area contributed by atoms with Gasteiger partial charge in [0.2, 0.25) is 0 Å². The van der Waals surface area contributed by atoms with Gasteiger partial charge in [-0.05, 0) is 37.3 Å². The summed E-state index contributed by atoms with van der Waals surface area (Å²) in [6, 6.07) is 9.70. The minimum Gasteiger partial charge on any atom is -0.462 e. The van der Waals surface area contributed by atoms with E-state index in [-0.39, 0.29) is 17.3 Å². The molecule has 1 aromatic heterocycles. The molecule has 0 spiro atoms. The van der Waals surface area contributed by atoms with E-state index in [0.29, 0.717) is 17.9 Å². The topological polar surface area (TPSA) is 94.3 Å². The highest BCUT2D eigenvalue weighted by Crippen LogP contribution is 2.15. The highest BCUT2D eigenvalue weighted by atomic mass is 16.5. The molecule has 0 unspecified atom stereocenters. The van der Waals surface area contributed by atoms with Crippen LogP contribution in [0, 0.1) is 0 Å². The van der Waals surface area contributed by atoms with E-state index in [1.165, 1.54) is 6.20 Å². The maximum Gasteiger partial charge on any atom is 0.338 e. The molecular formula is C15H15N3O3. The Balaban J connectivity index is 2.17. The lowest BCUT2D eigenvalue weighted by Gasteiger charge is -2.08. The molecule has 0 fully saturated rings. The number of amides is 1. The largest absolute Gasteiger partial charge is 0.462 e. The fraction of sp³-hybridized carbons (Fsp3) is 0.133. The number of nitrogen functional groups attached to an aromatic ring is 1. The molecule has 0 bridgehead atoms. The van der Waals surface area contributed by atoms with Crippen LogP contribution < -0.4 is 11.1 Å². The Bertz CT molecular complexity index is 671. The number of nitrogens with one attached hydrogen (secondary N) is 1. The smallest absolute Gasteiger partial charge is 0.338 e. The van der Waals surface area contributed by atoms with Gasteiger partial charge in [-0.1, -0.05) is 6.07 Å². The molecule has 21 heavy (non-hydrogen) atoms. The molecule has 0 saturated carbocycles. The van der Waals surface area contributed by atoms with Crippen LogP contribution in [0.2, 0.25) is 0 Å². The maximum atomic E-state index is 12.1. The van der Waals surface area contributed by atoms with Crippen molar-refractivity contribution in [3.63, 3.8) is 0 Å². The van der Waals surface area contributed by atoms with Crippen LogP contribution in [0.4, 0.5) is 11.5 Å². The van der Waals surface area contributed by atoms with Crippen LogP contribution in [-0.4, -0.2) is 23.5 Å². The molecule has 108 valence electrons. The van der Waals surface area contributed by atoms with E-state index < -0.39 is 5.97 Å². The van der Waals surface area contributed by atoms with Crippen LogP contribution in [-0.2, 0) is 4.74 Å². The Morgan fingerprint density at radius 1 is 1.29 bits per heavy atom. The summed E-state index contributed by atoms with van der Waals surface area (Å²) in [5, 5.41) is 2.67. The third-order valence-electron chi connectivity index (χ3n) is 2.71. The quantitative estimate of drug-likeness (QED) is 0.839. The van der Waals surface area contributed by atoms with Crippen molar-refractivity contribution in [3.05, 3.63) is 53.7 Å². The Morgan fingerprint density at radius 2 is 2.10 bits per heavy atom. The van der Waals surface area contributed by atoms with Gasteiger partial charge in [-0.25, -0.2) is 9.78 Å². The third-order valence-corrected chi connectivity index (χ3v) is 2.71. The van der Waals surface area contributed by atoms with Gasteiger partial charge >= 0.3 is 5.97 Å². The summed E-state index contributed by atoms with van der Waals surface area (Å²) in [6.07, 6.45) is 1.51. The SMILES string of the molecule is CCOC(=O)c1cccc(NC(=O)c2cccnc2N)c1. The first-order valence-corrected chi connectivity index (χ1v) is 6.41. The molecule has 0 aliphatic heterocycles. The Kier molecular flexibility index (Phi) is 4.50. The molecule has 2 aromatic rings. The molecule has 0 saturated heterocycles. The number of carbonyl (C=O) groups excluding carboxylic acids is 2. The van der Waals surface area contributed by atoms with E-state index >= 15 is 0 Å². The lowest BCUT2D eigenvalue weighted by Crippen LogP contribution is -2.15. The molecule has 6 nitrogen and oxygen atoms in total. The molecule has 0 aliphatic carbocycles. The highest BCUT2D eigenvalue weighted by Gasteiger charge is 2.12. The number of hydrogen-bond acceptors (Lipinski definition) is 5. The van der Waals surface area contributed by atoms with Crippen molar-refractivity contribution in [3.8, 4) is 0 Å². The monoisotopic (exact) mass is 285 g/mol. The van der Waals surface area contributed by atoms with E-state index in [0.717, 1.165) is 0 Å². The number of pyridine rings is 1. The summed E-state index contributed by atoms with van der Waals surface area (Å²) in [6.45, 7) is 2.02. The number of nitrogens with zero attached hydrogens (tertiary/aromatic N) is 1. The first kappa shape index (κ1) is 14.5. The summed E-state index contributed by atoms with van der Waals surface area (Å²) in [4.78, 5) is 27.6. The number of aromatic nitrogens is 1. The number of rotatable bonds is 4. The number of carbonyl (C=O) groups is 2. The average Bonchev–Trinajstić information content (AvgIpc) is 2.48. The zero-order valence-electron chi connectivity index (χ0n) is 11.5. The van der Waals surface area contributed by atoms with Crippen LogP contribution in [0.3, 0.4) is 0 Å². The van der Waals surface area contributed by atoms with E-state index in [9.17, 15) is 9.59 Å². The van der Waals surface area contributed by atoms with Crippen LogP contribution in [0.15, 0.2) is 42.6 Å². The Hall–Kier alpha value is -2.89. The number of esters is 1. The van der Waals surface area contributed by atoms with Gasteiger partial charge in [0.05, 0.1) is 17.7 Å². The predicted octanol–water partition coefficient (Wildman–Crippen LogP) is 2.09. The summed E-state index contributed by atoms with van der Waals surface area (Å²) < 4.78 is 4.91. The van der Waals surface area contributed by atoms with Gasteiger partial charge in [0, 0.05) is 11.9 Å². The predicted molar refractivity (Wildman–Crippen MR) is 79.0 cm³/mol. The Morgan fingerprint density at radius 3 is 2.81 bits per heavy atom. The normalized spacial score (nSPS) is 9.95. The van der Waals surface area contributed by atoms with E-state index in [1.807, 2.05) is 0 Å². The lowest BCUT2D eigenvalue weighted by molar-refractivity contribution is 0.0526. The Labute approximate surface area is 121 Å². The summed E-state index contributed by atoms with van der Waals surface area (Å²) >= 11 is 0. The molecule has 3 N–H and O–H groups in total. The van der Waals surface area contributed by atoms with Gasteiger partial charge in [-0.3, -0.25) is 4.79 Å². The van der Waals surface area contributed by atoms with Gasteiger partial charge < -0.3 is 15.8 Å². The van der Waals surface area contributed by atoms with Crippen molar-refractivity contribution in [2.45, 2.75) is 6.92 Å². The second-order valence-electron chi connectivity index (χ2n) is 4.19. The van der Waals surface area contributed by atoms with Crippen LogP contribution in [0.5, 0.6) is 0 Å². The van der Waals surface area contributed by atoms with Gasteiger partial charge in [0.15, 0.2) is 0 Å². The average molecular weight is 285 g/mol. The number of nitrogens with two attached hydrogens (primary N) is 1. The molecule has 1 aromatic carbocycles. The second kappa shape index (κ2) is 6.51. The summed E-state index contributed by atoms with van der Waals surface area (Å²) in [7, 11) is 0. The molecular weight excluding hydrogens is 270 g/mol. The van der Waals surface area contributed by atoms with E-state index in [1.54, 1.807) is 43.3 Å². The van der Waals surface area contributed by atoms with Crippen molar-refractivity contribution in [1.29, 1.82) is 0 Å². The number of benzene rings is 1. The van der Waals surface area contributed by atoms with Crippen molar-refractivity contribution in [2.75, 3.05) is 17.7 Å². The zero-order valence-corrected chi connectivity index (χ0v) is 11.5. The fourth-order valence-electron chi connectivity index (χ4n) is 1.75. The molecule has 2 rings (SSSR count). The van der Waals surface area contributed by atoms with Gasteiger partial charge in [0.1, 0.15) is 5.82 Å². The highest BCUT2D eigenvalue weighted by molar-refractivity contribution is 6.07. The number of hydrogen-bond donors (Lipinski definition) is 2. The van der Waals surface area contributed by atoms with Crippen molar-refractivity contribution in [1.82, 2.24) is 4.98 Å². The maximum absolute atomic E-state index is 12.1. The lowest BCUT2D eigenvalue weighted by atomic mass is 10.2. The minimum atomic E-state index is -0.436. The van der Waals surface area contributed by atoms with Crippen LogP contribution in [0.25, 0.3) is 0 Å². The van der Waals surface area contributed by atoms with Gasteiger partial charge in [-0.2, -0.15) is 0 Å². The molecule has 0 radical (unpaired) electrons. The molecule has 1 heterocycles. The number of anilines is 2. The van der Waals surface area contributed by atoms with E-state index in [2.05, 4.69) is 10.3 Å². The van der Waals surface area contributed by atoms with Crippen molar-refractivity contribution >= 4 is 23.4 Å². The van der Waals surface area contributed by atoms with Gasteiger partial charge in [0.25, 0.3) is 5.91 Å².